The van der Waals surface area contributed by atoms with Crippen molar-refractivity contribution in [3.05, 3.63) is 65.4 Å². The zero-order valence-electron chi connectivity index (χ0n) is 18.1. The van der Waals surface area contributed by atoms with E-state index in [1.807, 2.05) is 52.6 Å². The van der Waals surface area contributed by atoms with Gasteiger partial charge < -0.3 is 9.88 Å². The maximum atomic E-state index is 13.1. The summed E-state index contributed by atoms with van der Waals surface area (Å²) in [5.41, 5.74) is 4.41. The van der Waals surface area contributed by atoms with Crippen LogP contribution < -0.4 is 10.9 Å². The van der Waals surface area contributed by atoms with Crippen LogP contribution in [0.1, 0.15) is 25.7 Å². The predicted octanol–water partition coefficient (Wildman–Crippen LogP) is 4.23. The Hall–Kier alpha value is -4.27. The summed E-state index contributed by atoms with van der Waals surface area (Å²) in [4.78, 5) is 34.2. The van der Waals surface area contributed by atoms with Crippen LogP contribution in [-0.2, 0) is 7.05 Å². The highest BCUT2D eigenvalue weighted by Crippen LogP contribution is 2.34. The number of nitrogens with one attached hydrogen (secondary N) is 2. The molecule has 0 amide bonds. The van der Waals surface area contributed by atoms with Crippen LogP contribution in [0.3, 0.4) is 0 Å². The van der Waals surface area contributed by atoms with Gasteiger partial charge in [-0.25, -0.2) is 15.0 Å². The molecule has 6 rings (SSSR count). The molecule has 0 bridgehead atoms. The van der Waals surface area contributed by atoms with Crippen molar-refractivity contribution in [3.63, 3.8) is 0 Å². The molecule has 4 heterocycles. The number of anilines is 2. The summed E-state index contributed by atoms with van der Waals surface area (Å²) in [7, 11) is 1.96. The van der Waals surface area contributed by atoms with Gasteiger partial charge in [0.1, 0.15) is 11.6 Å². The number of benzene rings is 1. The molecule has 1 aromatic carbocycles. The summed E-state index contributed by atoms with van der Waals surface area (Å²) in [5.74, 6) is 1.62. The van der Waals surface area contributed by atoms with Crippen LogP contribution in [-0.4, -0.2) is 34.1 Å². The molecule has 9 nitrogen and oxygen atoms in total. The van der Waals surface area contributed by atoms with E-state index in [0.717, 1.165) is 48.0 Å². The molecule has 0 fully saturated rings. The zero-order valence-corrected chi connectivity index (χ0v) is 18.1. The van der Waals surface area contributed by atoms with Gasteiger partial charge in [-0.3, -0.25) is 14.3 Å². The summed E-state index contributed by atoms with van der Waals surface area (Å²) in [6, 6.07) is 11.5. The lowest BCUT2D eigenvalue weighted by Crippen LogP contribution is -2.13. The second kappa shape index (κ2) is 7.70. The Labute approximate surface area is 188 Å². The van der Waals surface area contributed by atoms with Crippen LogP contribution >= 0.6 is 0 Å². The van der Waals surface area contributed by atoms with Gasteiger partial charge in [-0.15, -0.1) is 0 Å². The second-order valence-corrected chi connectivity index (χ2v) is 8.17. The number of para-hydroxylation sites is 1. The minimum absolute atomic E-state index is 0.299. The molecule has 4 aromatic heterocycles. The number of fused-ring (bicyclic) bond motifs is 2. The van der Waals surface area contributed by atoms with Crippen LogP contribution in [0.25, 0.3) is 39.3 Å². The summed E-state index contributed by atoms with van der Waals surface area (Å²) >= 11 is 0. The molecule has 0 radical (unpaired) electrons. The van der Waals surface area contributed by atoms with Gasteiger partial charge in [0.15, 0.2) is 11.2 Å². The Bertz CT molecular complexity index is 1580. The minimum Gasteiger partial charge on any atom is -0.333 e. The van der Waals surface area contributed by atoms with E-state index in [0.29, 0.717) is 28.8 Å². The third-order valence-corrected chi connectivity index (χ3v) is 5.96. The Balaban J connectivity index is 1.62. The summed E-state index contributed by atoms with van der Waals surface area (Å²) in [6.45, 7) is 0. The molecule has 164 valence electrons. The van der Waals surface area contributed by atoms with Crippen LogP contribution in [0.5, 0.6) is 0 Å². The number of hydrogen-bond acceptors (Lipinski definition) is 6. The summed E-state index contributed by atoms with van der Waals surface area (Å²) in [5, 5.41) is 3.10. The molecule has 0 spiro atoms. The smallest absolute Gasteiger partial charge is 0.280 e. The standard InChI is InChI=1S/C24H22N8O/c1-31-14-26-17-11-7-10-16(20(17)31)21-28-19-22(32(21)15-8-3-2-4-9-15)29-24(30-23(19)33)27-18-12-5-6-13-25-18/h5-8,10-14H,2-4,9H2,1H3,(H2,25,27,29,30,33). The Morgan fingerprint density at radius 3 is 2.82 bits per heavy atom. The first kappa shape index (κ1) is 19.4. The number of pyridine rings is 1. The molecule has 5 aromatic rings. The first-order valence-corrected chi connectivity index (χ1v) is 11.0. The number of nitrogens with zero attached hydrogens (tertiary/aromatic N) is 6. The number of aryl methyl sites for hydroxylation is 1. The lowest BCUT2D eigenvalue weighted by atomic mass is 10.0. The van der Waals surface area contributed by atoms with E-state index >= 15 is 0 Å². The molecular formula is C24H22N8O. The first-order valence-electron chi connectivity index (χ1n) is 11.0. The van der Waals surface area contributed by atoms with Crippen LogP contribution in [0.4, 0.5) is 11.8 Å². The van der Waals surface area contributed by atoms with E-state index in [2.05, 4.69) is 26.3 Å². The molecule has 2 N–H and O–H groups in total. The van der Waals surface area contributed by atoms with Crippen molar-refractivity contribution in [2.75, 3.05) is 5.32 Å². The molecule has 0 atom stereocenters. The second-order valence-electron chi connectivity index (χ2n) is 8.17. The fourth-order valence-electron chi connectivity index (χ4n) is 4.46. The number of imidazole rings is 2. The highest BCUT2D eigenvalue weighted by atomic mass is 16.1. The topological polar surface area (TPSA) is 106 Å². The van der Waals surface area contributed by atoms with Crippen LogP contribution in [0.15, 0.2) is 59.8 Å². The molecular weight excluding hydrogens is 416 g/mol. The molecule has 0 unspecified atom stereocenters. The monoisotopic (exact) mass is 438 g/mol. The Kier molecular flexibility index (Phi) is 4.53. The van der Waals surface area contributed by atoms with Gasteiger partial charge in [-0.05, 0) is 49.9 Å². The number of allylic oxidation sites excluding steroid dienone is 2. The molecule has 0 saturated carbocycles. The average molecular weight is 438 g/mol. The van der Waals surface area contributed by atoms with Crippen molar-refractivity contribution in [1.29, 1.82) is 0 Å². The van der Waals surface area contributed by atoms with E-state index in [1.165, 1.54) is 0 Å². The van der Waals surface area contributed by atoms with E-state index in [9.17, 15) is 4.79 Å². The van der Waals surface area contributed by atoms with Gasteiger partial charge in [-0.1, -0.05) is 18.2 Å². The Morgan fingerprint density at radius 1 is 1.06 bits per heavy atom. The summed E-state index contributed by atoms with van der Waals surface area (Å²) in [6.07, 6.45) is 9.84. The van der Waals surface area contributed by atoms with Gasteiger partial charge in [0.05, 0.1) is 17.4 Å². The number of hydrogen-bond donors (Lipinski definition) is 2. The Morgan fingerprint density at radius 2 is 2.00 bits per heavy atom. The molecule has 1 aliphatic carbocycles. The van der Waals surface area contributed by atoms with Crippen LogP contribution in [0.2, 0.25) is 0 Å². The van der Waals surface area contributed by atoms with Crippen molar-refractivity contribution >= 4 is 39.7 Å². The third-order valence-electron chi connectivity index (χ3n) is 5.96. The van der Waals surface area contributed by atoms with Crippen LogP contribution in [0, 0.1) is 0 Å². The average Bonchev–Trinajstić information content (AvgIpc) is 3.42. The highest BCUT2D eigenvalue weighted by Gasteiger charge is 2.23. The van der Waals surface area contributed by atoms with E-state index in [-0.39, 0.29) is 5.56 Å². The molecule has 9 heteroatoms. The van der Waals surface area contributed by atoms with Crippen molar-refractivity contribution in [1.82, 2.24) is 34.1 Å². The SMILES string of the molecule is Cn1cnc2cccc(-c3nc4c(=O)[nH]c(Nc5ccccn5)nc4n3C3=CCCCC3)c21. The van der Waals surface area contributed by atoms with E-state index < -0.39 is 0 Å². The maximum absolute atomic E-state index is 13.1. The fraction of sp³-hybridized carbons (Fsp3) is 0.208. The van der Waals surface area contributed by atoms with Gasteiger partial charge >= 0.3 is 0 Å². The highest BCUT2D eigenvalue weighted by molar-refractivity contribution is 5.94. The van der Waals surface area contributed by atoms with Crippen molar-refractivity contribution < 1.29 is 0 Å². The van der Waals surface area contributed by atoms with Gasteiger partial charge in [0.25, 0.3) is 5.56 Å². The van der Waals surface area contributed by atoms with Crippen molar-refractivity contribution in [3.8, 4) is 11.4 Å². The number of H-pyrrole nitrogens is 1. The maximum Gasteiger partial charge on any atom is 0.280 e. The molecule has 0 aliphatic heterocycles. The van der Waals surface area contributed by atoms with E-state index in [4.69, 9.17) is 9.97 Å². The van der Waals surface area contributed by atoms with Gasteiger partial charge in [0.2, 0.25) is 5.95 Å². The normalized spacial score (nSPS) is 14.0. The van der Waals surface area contributed by atoms with Crippen molar-refractivity contribution in [2.24, 2.45) is 7.05 Å². The summed E-state index contributed by atoms with van der Waals surface area (Å²) < 4.78 is 4.02. The molecule has 0 saturated heterocycles. The zero-order chi connectivity index (χ0) is 22.4. The number of rotatable bonds is 4. The predicted molar refractivity (Wildman–Crippen MR) is 128 cm³/mol. The van der Waals surface area contributed by atoms with Gasteiger partial charge in [0, 0.05) is 24.5 Å². The fourth-order valence-corrected chi connectivity index (χ4v) is 4.46. The largest absolute Gasteiger partial charge is 0.333 e. The van der Waals surface area contributed by atoms with Gasteiger partial charge in [-0.2, -0.15) is 4.98 Å². The molecule has 1 aliphatic rings. The minimum atomic E-state index is -0.299. The lowest BCUT2D eigenvalue weighted by Gasteiger charge is -2.17. The number of aromatic amines is 1. The quantitative estimate of drug-likeness (QED) is 0.435. The number of aromatic nitrogens is 7. The van der Waals surface area contributed by atoms with E-state index in [1.54, 1.807) is 12.5 Å². The third kappa shape index (κ3) is 3.29. The van der Waals surface area contributed by atoms with Crippen molar-refractivity contribution in [2.45, 2.75) is 25.7 Å². The lowest BCUT2D eigenvalue weighted by molar-refractivity contribution is 0.720. The molecule has 33 heavy (non-hydrogen) atoms. The first-order chi connectivity index (χ1) is 16.2.